The van der Waals surface area contributed by atoms with E-state index in [1.165, 1.54) is 28.8 Å². The summed E-state index contributed by atoms with van der Waals surface area (Å²) in [6.07, 6.45) is 4.89. The van der Waals surface area contributed by atoms with Crippen molar-refractivity contribution in [3.63, 3.8) is 0 Å². The lowest BCUT2D eigenvalue weighted by atomic mass is 10.1. The molecule has 0 spiro atoms. The van der Waals surface area contributed by atoms with E-state index < -0.39 is 0 Å². The van der Waals surface area contributed by atoms with Crippen molar-refractivity contribution in [1.29, 1.82) is 0 Å². The molecule has 5 nitrogen and oxygen atoms in total. The van der Waals surface area contributed by atoms with Crippen LogP contribution in [-0.2, 0) is 6.42 Å². The van der Waals surface area contributed by atoms with Crippen LogP contribution in [0.4, 0.5) is 5.82 Å². The summed E-state index contributed by atoms with van der Waals surface area (Å²) < 4.78 is 0. The van der Waals surface area contributed by atoms with E-state index in [-0.39, 0.29) is 5.25 Å². The second-order valence-corrected chi connectivity index (χ2v) is 6.68. The number of fused-ring (bicyclic) bond motifs is 1. The third-order valence-corrected chi connectivity index (χ3v) is 4.63. The number of hydrogen-bond acceptors (Lipinski definition) is 5. The molecule has 0 fully saturated rings. The highest BCUT2D eigenvalue weighted by Crippen LogP contribution is 2.34. The fourth-order valence-corrected chi connectivity index (χ4v) is 3.41. The SMILES string of the molecule is CCc1c[nH]c2cnc(C(C)Sc3nc(N)cc(Cl)n3)cc12. The molecule has 0 aromatic carbocycles. The fraction of sp³-hybridized carbons (Fsp3) is 0.267. The number of thioether (sulfide) groups is 1. The Morgan fingerprint density at radius 2 is 2.18 bits per heavy atom. The monoisotopic (exact) mass is 333 g/mol. The van der Waals surface area contributed by atoms with E-state index in [9.17, 15) is 0 Å². The molecule has 3 heterocycles. The van der Waals surface area contributed by atoms with E-state index in [0.29, 0.717) is 16.1 Å². The van der Waals surface area contributed by atoms with Crippen molar-refractivity contribution in [3.8, 4) is 0 Å². The minimum atomic E-state index is 0.0990. The standard InChI is InChI=1S/C15H16ClN5S/c1-3-9-6-18-12-7-19-11(4-10(9)12)8(2)22-15-20-13(16)5-14(17)21-15/h4-8,18H,3H2,1-2H3,(H2,17,20,21). The van der Waals surface area contributed by atoms with Gasteiger partial charge in [-0.2, -0.15) is 0 Å². The van der Waals surface area contributed by atoms with Gasteiger partial charge >= 0.3 is 0 Å². The minimum Gasteiger partial charge on any atom is -0.384 e. The van der Waals surface area contributed by atoms with Gasteiger partial charge in [-0.3, -0.25) is 4.98 Å². The number of nitrogens with two attached hydrogens (primary N) is 1. The van der Waals surface area contributed by atoms with Crippen LogP contribution in [0.3, 0.4) is 0 Å². The van der Waals surface area contributed by atoms with E-state index in [2.05, 4.69) is 39.8 Å². The van der Waals surface area contributed by atoms with Crippen molar-refractivity contribution in [2.24, 2.45) is 0 Å². The zero-order valence-corrected chi connectivity index (χ0v) is 13.9. The lowest BCUT2D eigenvalue weighted by Gasteiger charge is -2.10. The second-order valence-electron chi connectivity index (χ2n) is 4.98. The third-order valence-electron chi connectivity index (χ3n) is 3.45. The lowest BCUT2D eigenvalue weighted by Crippen LogP contribution is -1.98. The predicted octanol–water partition coefficient (Wildman–Crippen LogP) is 4.00. The number of aromatic amines is 1. The number of nitrogens with zero attached hydrogens (tertiary/aromatic N) is 3. The average Bonchev–Trinajstić information content (AvgIpc) is 2.88. The molecule has 3 rings (SSSR count). The zero-order valence-electron chi connectivity index (χ0n) is 12.3. The average molecular weight is 334 g/mol. The number of nitrogens with one attached hydrogen (secondary N) is 1. The van der Waals surface area contributed by atoms with Crippen molar-refractivity contribution in [2.45, 2.75) is 30.7 Å². The highest BCUT2D eigenvalue weighted by molar-refractivity contribution is 7.99. The molecule has 3 N–H and O–H groups in total. The molecule has 114 valence electrons. The van der Waals surface area contributed by atoms with Crippen molar-refractivity contribution >= 4 is 40.1 Å². The molecule has 0 amide bonds. The number of rotatable bonds is 4. The van der Waals surface area contributed by atoms with Gasteiger partial charge in [0.2, 0.25) is 0 Å². The summed E-state index contributed by atoms with van der Waals surface area (Å²) >= 11 is 7.41. The Morgan fingerprint density at radius 3 is 2.91 bits per heavy atom. The highest BCUT2D eigenvalue weighted by atomic mass is 35.5. The molecule has 3 aromatic heterocycles. The van der Waals surface area contributed by atoms with Gasteiger partial charge in [-0.25, -0.2) is 9.97 Å². The van der Waals surface area contributed by atoms with Gasteiger partial charge in [0.1, 0.15) is 11.0 Å². The molecule has 0 saturated heterocycles. The molecular weight excluding hydrogens is 318 g/mol. The Balaban J connectivity index is 1.89. The molecule has 0 radical (unpaired) electrons. The van der Waals surface area contributed by atoms with E-state index in [1.54, 1.807) is 0 Å². The summed E-state index contributed by atoms with van der Waals surface area (Å²) in [7, 11) is 0. The van der Waals surface area contributed by atoms with Gasteiger partial charge < -0.3 is 10.7 Å². The summed E-state index contributed by atoms with van der Waals surface area (Å²) in [5, 5.41) is 2.22. The quantitative estimate of drug-likeness (QED) is 0.428. The summed E-state index contributed by atoms with van der Waals surface area (Å²) in [5.41, 5.74) is 9.03. The van der Waals surface area contributed by atoms with Gasteiger partial charge in [-0.1, -0.05) is 30.3 Å². The number of nitrogen functional groups attached to an aromatic ring is 1. The number of aromatic nitrogens is 4. The number of aryl methyl sites for hydroxylation is 1. The topological polar surface area (TPSA) is 80.5 Å². The number of hydrogen-bond donors (Lipinski definition) is 2. The van der Waals surface area contributed by atoms with Gasteiger partial charge in [-0.15, -0.1) is 0 Å². The summed E-state index contributed by atoms with van der Waals surface area (Å²) in [5.74, 6) is 0.372. The first kappa shape index (κ1) is 15.1. The summed E-state index contributed by atoms with van der Waals surface area (Å²) in [4.78, 5) is 16.2. The summed E-state index contributed by atoms with van der Waals surface area (Å²) in [6.45, 7) is 4.21. The van der Waals surface area contributed by atoms with Crippen molar-refractivity contribution < 1.29 is 0 Å². The fourth-order valence-electron chi connectivity index (χ4n) is 2.29. The van der Waals surface area contributed by atoms with Gasteiger partial charge in [0.15, 0.2) is 5.16 Å². The normalized spacial score (nSPS) is 12.7. The highest BCUT2D eigenvalue weighted by Gasteiger charge is 2.14. The molecular formula is C15H16ClN5S. The number of anilines is 1. The molecule has 0 aliphatic heterocycles. The molecule has 0 bridgehead atoms. The molecule has 3 aromatic rings. The molecule has 22 heavy (non-hydrogen) atoms. The molecule has 7 heteroatoms. The number of halogens is 1. The van der Waals surface area contributed by atoms with Crippen LogP contribution in [0, 0.1) is 0 Å². The van der Waals surface area contributed by atoms with Crippen LogP contribution in [0.1, 0.15) is 30.4 Å². The number of pyridine rings is 1. The maximum atomic E-state index is 5.92. The van der Waals surface area contributed by atoms with Crippen molar-refractivity contribution in [3.05, 3.63) is 40.9 Å². The van der Waals surface area contributed by atoms with Gasteiger partial charge in [0.25, 0.3) is 0 Å². The Hall–Kier alpha value is -1.79. The maximum absolute atomic E-state index is 5.92. The van der Waals surface area contributed by atoms with Gasteiger partial charge in [0, 0.05) is 17.6 Å². The third kappa shape index (κ3) is 3.03. The van der Waals surface area contributed by atoms with Crippen LogP contribution in [-0.4, -0.2) is 19.9 Å². The van der Waals surface area contributed by atoms with Crippen LogP contribution in [0.5, 0.6) is 0 Å². The first-order valence-electron chi connectivity index (χ1n) is 6.99. The van der Waals surface area contributed by atoms with Crippen LogP contribution < -0.4 is 5.73 Å². The van der Waals surface area contributed by atoms with E-state index in [4.69, 9.17) is 17.3 Å². The molecule has 0 saturated carbocycles. The van der Waals surface area contributed by atoms with E-state index >= 15 is 0 Å². The van der Waals surface area contributed by atoms with E-state index in [1.807, 2.05) is 12.4 Å². The van der Waals surface area contributed by atoms with Crippen molar-refractivity contribution in [1.82, 2.24) is 19.9 Å². The van der Waals surface area contributed by atoms with Gasteiger partial charge in [-0.05, 0) is 25.0 Å². The largest absolute Gasteiger partial charge is 0.384 e. The smallest absolute Gasteiger partial charge is 0.191 e. The first-order chi connectivity index (χ1) is 10.6. The molecule has 1 atom stereocenters. The Bertz CT molecular complexity index is 797. The lowest BCUT2D eigenvalue weighted by molar-refractivity contribution is 0.946. The Labute approximate surface area is 137 Å². The Morgan fingerprint density at radius 1 is 1.36 bits per heavy atom. The second kappa shape index (κ2) is 6.14. The number of H-pyrrole nitrogens is 1. The molecule has 1 unspecified atom stereocenters. The molecule has 0 aliphatic rings. The Kier molecular flexibility index (Phi) is 4.22. The predicted molar refractivity (Wildman–Crippen MR) is 91.2 cm³/mol. The first-order valence-corrected chi connectivity index (χ1v) is 8.25. The van der Waals surface area contributed by atoms with E-state index in [0.717, 1.165) is 17.6 Å². The van der Waals surface area contributed by atoms with Gasteiger partial charge in [0.05, 0.1) is 22.7 Å². The van der Waals surface area contributed by atoms with Crippen molar-refractivity contribution in [2.75, 3.05) is 5.73 Å². The maximum Gasteiger partial charge on any atom is 0.191 e. The van der Waals surface area contributed by atoms with Crippen LogP contribution >= 0.6 is 23.4 Å². The molecule has 0 aliphatic carbocycles. The van der Waals surface area contributed by atoms with Crippen LogP contribution in [0.15, 0.2) is 29.7 Å². The van der Waals surface area contributed by atoms with Crippen LogP contribution in [0.25, 0.3) is 10.9 Å². The van der Waals surface area contributed by atoms with Crippen LogP contribution in [0.2, 0.25) is 5.15 Å². The zero-order chi connectivity index (χ0) is 15.7. The minimum absolute atomic E-state index is 0.0990. The summed E-state index contributed by atoms with van der Waals surface area (Å²) in [6, 6.07) is 3.66.